The smallest absolute Gasteiger partial charge is 0.299 e. The summed E-state index contributed by atoms with van der Waals surface area (Å²) in [7, 11) is -3.55. The van der Waals surface area contributed by atoms with Crippen LogP contribution in [0.3, 0.4) is 0 Å². The van der Waals surface area contributed by atoms with E-state index < -0.39 is 10.2 Å². The van der Waals surface area contributed by atoms with Gasteiger partial charge in [0.1, 0.15) is 0 Å². The van der Waals surface area contributed by atoms with Gasteiger partial charge in [0.05, 0.1) is 5.69 Å². The van der Waals surface area contributed by atoms with Crippen molar-refractivity contribution in [3.63, 3.8) is 0 Å². The van der Waals surface area contributed by atoms with E-state index in [1.165, 1.54) is 0 Å². The van der Waals surface area contributed by atoms with Crippen molar-refractivity contribution in [1.82, 2.24) is 4.72 Å². The van der Waals surface area contributed by atoms with Crippen LogP contribution in [-0.4, -0.2) is 27.4 Å². The van der Waals surface area contributed by atoms with E-state index in [1.807, 2.05) is 6.07 Å². The molecule has 7 heteroatoms. The topological polar surface area (TPSA) is 78.5 Å². The zero-order valence-electron chi connectivity index (χ0n) is 11.9. The standard InChI is InChI=1S/C14H19N3O3S/c1-2-15-21(19,20)16-12-6-5-10-7-8-17(13(10)9-12)14(18)11-3-4-11/h5-6,9,11,15-16H,2-4,7-8H2,1H3. The zero-order chi connectivity index (χ0) is 15.0. The highest BCUT2D eigenvalue weighted by molar-refractivity contribution is 7.90. The lowest BCUT2D eigenvalue weighted by Crippen LogP contribution is -2.31. The fourth-order valence-corrected chi connectivity index (χ4v) is 3.49. The normalized spacial score (nSPS) is 17.7. The number of fused-ring (bicyclic) bond motifs is 1. The maximum absolute atomic E-state index is 12.2. The van der Waals surface area contributed by atoms with Crippen LogP contribution < -0.4 is 14.3 Å². The molecule has 21 heavy (non-hydrogen) atoms. The van der Waals surface area contributed by atoms with Gasteiger partial charge in [0.2, 0.25) is 5.91 Å². The largest absolute Gasteiger partial charge is 0.312 e. The van der Waals surface area contributed by atoms with E-state index in [0.29, 0.717) is 18.8 Å². The number of carbonyl (C=O) groups excluding carboxylic acids is 1. The summed E-state index contributed by atoms with van der Waals surface area (Å²) in [6.45, 7) is 2.73. The van der Waals surface area contributed by atoms with Gasteiger partial charge in [-0.2, -0.15) is 13.1 Å². The van der Waals surface area contributed by atoms with Crippen molar-refractivity contribution in [1.29, 1.82) is 0 Å². The van der Waals surface area contributed by atoms with Crippen LogP contribution in [0.15, 0.2) is 18.2 Å². The Morgan fingerprint density at radius 3 is 2.81 bits per heavy atom. The Hall–Kier alpha value is -1.60. The predicted octanol–water partition coefficient (Wildman–Crippen LogP) is 1.25. The number of nitrogens with zero attached hydrogens (tertiary/aromatic N) is 1. The molecule has 0 spiro atoms. The highest BCUT2D eigenvalue weighted by Gasteiger charge is 2.36. The van der Waals surface area contributed by atoms with Gasteiger partial charge in [-0.1, -0.05) is 13.0 Å². The van der Waals surface area contributed by atoms with Crippen molar-refractivity contribution < 1.29 is 13.2 Å². The van der Waals surface area contributed by atoms with Gasteiger partial charge in [0.15, 0.2) is 0 Å². The molecular formula is C14H19N3O3S. The first-order valence-electron chi connectivity index (χ1n) is 7.22. The minimum atomic E-state index is -3.55. The van der Waals surface area contributed by atoms with Crippen molar-refractivity contribution in [2.75, 3.05) is 22.7 Å². The van der Waals surface area contributed by atoms with E-state index in [1.54, 1.807) is 24.0 Å². The molecule has 1 aromatic carbocycles. The molecule has 1 aliphatic heterocycles. The second kappa shape index (κ2) is 5.31. The number of hydrogen-bond donors (Lipinski definition) is 2. The molecule has 1 heterocycles. The molecule has 3 rings (SSSR count). The van der Waals surface area contributed by atoms with Gasteiger partial charge >= 0.3 is 0 Å². The van der Waals surface area contributed by atoms with Crippen molar-refractivity contribution in [2.45, 2.75) is 26.2 Å². The lowest BCUT2D eigenvalue weighted by atomic mass is 10.1. The number of anilines is 2. The molecule has 114 valence electrons. The van der Waals surface area contributed by atoms with Gasteiger partial charge in [-0.25, -0.2) is 0 Å². The second-order valence-corrected chi connectivity index (χ2v) is 6.96. The first-order chi connectivity index (χ1) is 10.00. The van der Waals surface area contributed by atoms with E-state index in [0.717, 1.165) is 30.5 Å². The summed E-state index contributed by atoms with van der Waals surface area (Å²) in [5, 5.41) is 0. The molecule has 2 aliphatic rings. The van der Waals surface area contributed by atoms with Gasteiger partial charge in [0, 0.05) is 24.7 Å². The average Bonchev–Trinajstić information content (AvgIpc) is 3.18. The van der Waals surface area contributed by atoms with Gasteiger partial charge in [-0.3, -0.25) is 9.52 Å². The summed E-state index contributed by atoms with van der Waals surface area (Å²) < 4.78 is 28.3. The molecule has 0 radical (unpaired) electrons. The van der Waals surface area contributed by atoms with Crippen molar-refractivity contribution >= 4 is 27.5 Å². The first-order valence-corrected chi connectivity index (χ1v) is 8.70. The Balaban J connectivity index is 1.83. The molecule has 2 N–H and O–H groups in total. The van der Waals surface area contributed by atoms with E-state index in [-0.39, 0.29) is 11.8 Å². The minimum absolute atomic E-state index is 0.165. The predicted molar refractivity (Wildman–Crippen MR) is 81.4 cm³/mol. The third kappa shape index (κ3) is 3.03. The molecule has 0 atom stereocenters. The van der Waals surface area contributed by atoms with Crippen LogP contribution in [0.4, 0.5) is 11.4 Å². The number of benzene rings is 1. The number of carbonyl (C=O) groups is 1. The molecule has 0 aromatic heterocycles. The van der Waals surface area contributed by atoms with Crippen molar-refractivity contribution in [2.24, 2.45) is 5.92 Å². The Morgan fingerprint density at radius 1 is 1.38 bits per heavy atom. The molecule has 1 saturated carbocycles. The molecule has 1 amide bonds. The summed E-state index contributed by atoms with van der Waals surface area (Å²) in [4.78, 5) is 14.0. The van der Waals surface area contributed by atoms with Crippen LogP contribution in [0.25, 0.3) is 0 Å². The van der Waals surface area contributed by atoms with E-state index in [4.69, 9.17) is 0 Å². The highest BCUT2D eigenvalue weighted by Crippen LogP contribution is 2.37. The molecule has 1 aliphatic carbocycles. The SMILES string of the molecule is CCNS(=O)(=O)Nc1ccc2c(c1)N(C(=O)C1CC1)CC2. The molecule has 0 saturated heterocycles. The van der Waals surface area contributed by atoms with Gasteiger partial charge < -0.3 is 4.90 Å². The summed E-state index contributed by atoms with van der Waals surface area (Å²) >= 11 is 0. The summed E-state index contributed by atoms with van der Waals surface area (Å²) in [6.07, 6.45) is 2.77. The molecule has 1 fully saturated rings. The summed E-state index contributed by atoms with van der Waals surface area (Å²) in [5.41, 5.74) is 2.41. The fraction of sp³-hybridized carbons (Fsp3) is 0.500. The zero-order valence-corrected chi connectivity index (χ0v) is 12.7. The molecule has 6 nitrogen and oxygen atoms in total. The van der Waals surface area contributed by atoms with Crippen LogP contribution in [0.1, 0.15) is 25.3 Å². The summed E-state index contributed by atoms with van der Waals surface area (Å²) in [5.74, 6) is 0.332. The molecule has 1 aromatic rings. The van der Waals surface area contributed by atoms with Gasteiger partial charge in [0.25, 0.3) is 10.2 Å². The van der Waals surface area contributed by atoms with Gasteiger partial charge in [-0.15, -0.1) is 0 Å². The fourth-order valence-electron chi connectivity index (χ4n) is 2.60. The van der Waals surface area contributed by atoms with Crippen molar-refractivity contribution in [3.8, 4) is 0 Å². The second-order valence-electron chi connectivity index (χ2n) is 5.46. The van der Waals surface area contributed by atoms with Crippen LogP contribution >= 0.6 is 0 Å². The third-order valence-electron chi connectivity index (χ3n) is 3.76. The molecule has 0 bridgehead atoms. The minimum Gasteiger partial charge on any atom is -0.312 e. The Bertz CT molecular complexity index is 668. The number of hydrogen-bond acceptors (Lipinski definition) is 3. The maximum atomic E-state index is 12.2. The maximum Gasteiger partial charge on any atom is 0.299 e. The van der Waals surface area contributed by atoms with Crippen LogP contribution in [0, 0.1) is 5.92 Å². The number of nitrogens with one attached hydrogen (secondary N) is 2. The summed E-state index contributed by atoms with van der Waals surface area (Å²) in [6, 6.07) is 5.37. The third-order valence-corrected chi connectivity index (χ3v) is 4.93. The van der Waals surface area contributed by atoms with E-state index in [9.17, 15) is 13.2 Å². The lowest BCUT2D eigenvalue weighted by molar-refractivity contribution is -0.119. The Morgan fingerprint density at radius 2 is 2.14 bits per heavy atom. The van der Waals surface area contributed by atoms with Gasteiger partial charge in [-0.05, 0) is 37.0 Å². The Kier molecular flexibility index (Phi) is 3.62. The Labute approximate surface area is 124 Å². The number of amides is 1. The van der Waals surface area contributed by atoms with E-state index in [2.05, 4.69) is 9.44 Å². The number of rotatable bonds is 5. The average molecular weight is 309 g/mol. The first kappa shape index (κ1) is 14.3. The van der Waals surface area contributed by atoms with Crippen molar-refractivity contribution in [3.05, 3.63) is 23.8 Å². The van der Waals surface area contributed by atoms with Crippen LogP contribution in [0.5, 0.6) is 0 Å². The lowest BCUT2D eigenvalue weighted by Gasteiger charge is -2.18. The highest BCUT2D eigenvalue weighted by atomic mass is 32.2. The van der Waals surface area contributed by atoms with E-state index >= 15 is 0 Å². The quantitative estimate of drug-likeness (QED) is 0.859. The molecule has 0 unspecified atom stereocenters. The van der Waals surface area contributed by atoms with Crippen LogP contribution in [0.2, 0.25) is 0 Å². The van der Waals surface area contributed by atoms with Crippen LogP contribution in [-0.2, 0) is 21.4 Å². The molecular weight excluding hydrogens is 290 g/mol. The monoisotopic (exact) mass is 309 g/mol.